The molecule has 0 aromatic heterocycles. The normalized spacial score (nSPS) is 10.5. The number of carbonyl (C=O) groups is 1. The topological polar surface area (TPSA) is 75.5 Å². The third-order valence-corrected chi connectivity index (χ3v) is 3.76. The van der Waals surface area contributed by atoms with Crippen LogP contribution in [0.1, 0.15) is 5.56 Å². The molecule has 3 rings (SSSR count). The van der Waals surface area contributed by atoms with Gasteiger partial charge in [0.25, 0.3) is 11.6 Å². The van der Waals surface area contributed by atoms with Crippen molar-refractivity contribution in [3.8, 4) is 0 Å². The smallest absolute Gasteiger partial charge is 0.268 e. The van der Waals surface area contributed by atoms with Gasteiger partial charge in [0.15, 0.2) is 0 Å². The molecule has 0 unspecified atom stereocenters. The van der Waals surface area contributed by atoms with Crippen molar-refractivity contribution in [3.05, 3.63) is 107 Å². The number of benzene rings is 3. The molecule has 0 aliphatic rings. The van der Waals surface area contributed by atoms with E-state index in [0.717, 1.165) is 11.4 Å². The molecule has 6 heteroatoms. The molecule has 0 fully saturated rings. The minimum Gasteiger partial charge on any atom is -0.268 e. The molecule has 0 heterocycles. The molecule has 0 aliphatic carbocycles. The van der Waals surface area contributed by atoms with Crippen LogP contribution in [-0.2, 0) is 4.79 Å². The number of amides is 1. The van der Waals surface area contributed by atoms with Gasteiger partial charge in [-0.05, 0) is 35.9 Å². The van der Waals surface area contributed by atoms with E-state index >= 15 is 0 Å². The Balaban J connectivity index is 1.79. The fraction of sp³-hybridized carbons (Fsp3) is 0. The third-order valence-electron chi connectivity index (χ3n) is 3.76. The largest absolute Gasteiger partial charge is 0.270 e. The van der Waals surface area contributed by atoms with Crippen molar-refractivity contribution in [2.45, 2.75) is 0 Å². The number of nitro benzene ring substituents is 1. The van der Waals surface area contributed by atoms with Gasteiger partial charge in [-0.1, -0.05) is 48.5 Å². The lowest BCUT2D eigenvalue weighted by Gasteiger charge is -2.24. The summed E-state index contributed by atoms with van der Waals surface area (Å²) in [6.07, 6.45) is 2.88. The van der Waals surface area contributed by atoms with Crippen molar-refractivity contribution in [1.29, 1.82) is 0 Å². The van der Waals surface area contributed by atoms with E-state index in [1.54, 1.807) is 17.1 Å². The standard InChI is InChI=1S/C21H17N3O3/c25-21(15-14-17-8-7-13-20(16-17)24(26)27)22-23(18-9-3-1-4-10-18)19-11-5-2-6-12-19/h1-16H,(H,22,25)/b15-14+. The molecule has 0 aliphatic heterocycles. The highest BCUT2D eigenvalue weighted by molar-refractivity contribution is 5.93. The minimum atomic E-state index is -0.468. The number of hydrazine groups is 1. The Kier molecular flexibility index (Phi) is 5.59. The second-order valence-electron chi connectivity index (χ2n) is 5.67. The van der Waals surface area contributed by atoms with Gasteiger partial charge in [-0.15, -0.1) is 0 Å². The van der Waals surface area contributed by atoms with Crippen LogP contribution in [0.25, 0.3) is 6.08 Å². The summed E-state index contributed by atoms with van der Waals surface area (Å²) < 4.78 is 0. The molecule has 134 valence electrons. The summed E-state index contributed by atoms with van der Waals surface area (Å²) in [6.45, 7) is 0. The number of hydrogen-bond acceptors (Lipinski definition) is 4. The van der Waals surface area contributed by atoms with Crippen LogP contribution in [0.3, 0.4) is 0 Å². The number of hydrogen-bond donors (Lipinski definition) is 1. The molecule has 0 bridgehead atoms. The highest BCUT2D eigenvalue weighted by Gasteiger charge is 2.11. The van der Waals surface area contributed by atoms with Gasteiger partial charge in [-0.25, -0.2) is 0 Å². The first-order valence-electron chi connectivity index (χ1n) is 8.27. The Bertz CT molecular complexity index is 917. The molecule has 0 radical (unpaired) electrons. The van der Waals surface area contributed by atoms with Gasteiger partial charge in [0.2, 0.25) is 0 Å². The number of rotatable bonds is 6. The quantitative estimate of drug-likeness (QED) is 0.400. The lowest BCUT2D eigenvalue weighted by Crippen LogP contribution is -2.37. The van der Waals surface area contributed by atoms with Crippen LogP contribution < -0.4 is 10.4 Å². The average Bonchev–Trinajstić information content (AvgIpc) is 2.72. The second kappa shape index (κ2) is 8.44. The molecule has 0 saturated heterocycles. The summed E-state index contributed by atoms with van der Waals surface area (Å²) in [4.78, 5) is 22.8. The van der Waals surface area contributed by atoms with E-state index < -0.39 is 4.92 Å². The molecule has 1 amide bonds. The zero-order valence-corrected chi connectivity index (χ0v) is 14.4. The van der Waals surface area contributed by atoms with Crippen LogP contribution in [0.2, 0.25) is 0 Å². The highest BCUT2D eigenvalue weighted by Crippen LogP contribution is 2.22. The van der Waals surface area contributed by atoms with E-state index in [1.165, 1.54) is 24.3 Å². The molecule has 27 heavy (non-hydrogen) atoms. The maximum atomic E-state index is 12.4. The van der Waals surface area contributed by atoms with E-state index in [0.29, 0.717) is 5.56 Å². The number of non-ortho nitro benzene ring substituents is 1. The predicted molar refractivity (Wildman–Crippen MR) is 105 cm³/mol. The lowest BCUT2D eigenvalue weighted by molar-refractivity contribution is -0.384. The number of para-hydroxylation sites is 2. The van der Waals surface area contributed by atoms with E-state index in [2.05, 4.69) is 5.43 Å². The van der Waals surface area contributed by atoms with Gasteiger partial charge in [-0.2, -0.15) is 0 Å². The molecular weight excluding hydrogens is 342 g/mol. The fourth-order valence-electron chi connectivity index (χ4n) is 2.49. The molecule has 6 nitrogen and oxygen atoms in total. The molecule has 1 N–H and O–H groups in total. The average molecular weight is 359 g/mol. The van der Waals surface area contributed by atoms with Crippen LogP contribution >= 0.6 is 0 Å². The highest BCUT2D eigenvalue weighted by atomic mass is 16.6. The summed E-state index contributed by atoms with van der Waals surface area (Å²) in [5, 5.41) is 12.5. The van der Waals surface area contributed by atoms with Crippen LogP contribution in [-0.4, -0.2) is 10.8 Å². The van der Waals surface area contributed by atoms with Crippen LogP contribution in [0.4, 0.5) is 17.1 Å². The summed E-state index contributed by atoms with van der Waals surface area (Å²) in [5.41, 5.74) is 5.00. The molecule has 0 spiro atoms. The number of anilines is 2. The summed E-state index contributed by atoms with van der Waals surface area (Å²) in [6, 6.07) is 25.0. The third kappa shape index (κ3) is 4.79. The fourth-order valence-corrected chi connectivity index (χ4v) is 2.49. The lowest BCUT2D eigenvalue weighted by atomic mass is 10.2. The Morgan fingerprint density at radius 1 is 0.889 bits per heavy atom. The maximum absolute atomic E-state index is 12.4. The Labute approximate surface area is 156 Å². The van der Waals surface area contributed by atoms with Gasteiger partial charge < -0.3 is 0 Å². The van der Waals surface area contributed by atoms with Crippen molar-refractivity contribution >= 4 is 29.0 Å². The van der Waals surface area contributed by atoms with Crippen molar-refractivity contribution < 1.29 is 9.72 Å². The van der Waals surface area contributed by atoms with Crippen molar-refractivity contribution in [2.24, 2.45) is 0 Å². The summed E-state index contributed by atoms with van der Waals surface area (Å²) in [7, 11) is 0. The Hall–Kier alpha value is -3.93. The number of nitrogens with zero attached hydrogens (tertiary/aromatic N) is 2. The zero-order valence-electron chi connectivity index (χ0n) is 14.4. The predicted octanol–water partition coefficient (Wildman–Crippen LogP) is 4.48. The Morgan fingerprint density at radius 3 is 2.04 bits per heavy atom. The molecule has 0 saturated carbocycles. The summed E-state index contributed by atoms with van der Waals surface area (Å²) >= 11 is 0. The van der Waals surface area contributed by atoms with Gasteiger partial charge >= 0.3 is 0 Å². The van der Waals surface area contributed by atoms with Gasteiger partial charge in [0, 0.05) is 18.2 Å². The number of carbonyl (C=O) groups excluding carboxylic acids is 1. The van der Waals surface area contributed by atoms with Crippen LogP contribution in [0.5, 0.6) is 0 Å². The van der Waals surface area contributed by atoms with Crippen molar-refractivity contribution in [3.63, 3.8) is 0 Å². The Morgan fingerprint density at radius 2 is 1.48 bits per heavy atom. The van der Waals surface area contributed by atoms with Crippen molar-refractivity contribution in [1.82, 2.24) is 5.43 Å². The first-order chi connectivity index (χ1) is 13.1. The van der Waals surface area contributed by atoms with E-state index in [-0.39, 0.29) is 11.6 Å². The molecular formula is C21H17N3O3. The van der Waals surface area contributed by atoms with Gasteiger partial charge in [0.1, 0.15) is 0 Å². The van der Waals surface area contributed by atoms with Crippen molar-refractivity contribution in [2.75, 3.05) is 5.01 Å². The molecule has 3 aromatic carbocycles. The van der Waals surface area contributed by atoms with Crippen LogP contribution in [0, 0.1) is 10.1 Å². The first-order valence-corrected chi connectivity index (χ1v) is 8.27. The van der Waals surface area contributed by atoms with E-state index in [1.807, 2.05) is 60.7 Å². The monoisotopic (exact) mass is 359 g/mol. The van der Waals surface area contributed by atoms with Crippen LogP contribution in [0.15, 0.2) is 91.0 Å². The second-order valence-corrected chi connectivity index (χ2v) is 5.67. The molecule has 0 atom stereocenters. The summed E-state index contributed by atoms with van der Waals surface area (Å²) in [5.74, 6) is -0.353. The number of nitrogens with one attached hydrogen (secondary N) is 1. The van der Waals surface area contributed by atoms with Gasteiger partial charge in [-0.3, -0.25) is 25.3 Å². The maximum Gasteiger partial charge on any atom is 0.270 e. The molecule has 3 aromatic rings. The van der Waals surface area contributed by atoms with E-state index in [4.69, 9.17) is 0 Å². The first kappa shape index (κ1) is 17.9. The SMILES string of the molecule is O=C(/C=C/c1cccc([N+](=O)[O-])c1)NN(c1ccccc1)c1ccccc1. The number of nitro groups is 1. The zero-order chi connectivity index (χ0) is 19.1. The van der Waals surface area contributed by atoms with Gasteiger partial charge in [0.05, 0.1) is 16.3 Å². The minimum absolute atomic E-state index is 0.0206. The van der Waals surface area contributed by atoms with E-state index in [9.17, 15) is 14.9 Å².